The monoisotopic (exact) mass is 216 g/mol. The molecule has 0 saturated carbocycles. The maximum Gasteiger partial charge on any atom is 0.174 e. The van der Waals surface area contributed by atoms with Gasteiger partial charge in [0.05, 0.1) is 10.6 Å². The van der Waals surface area contributed by atoms with Gasteiger partial charge in [0.25, 0.3) is 0 Å². The fourth-order valence-electron chi connectivity index (χ4n) is 1.26. The molecule has 0 aromatic heterocycles. The molecule has 0 N–H and O–H groups in total. The van der Waals surface area contributed by atoms with Crippen molar-refractivity contribution in [3.63, 3.8) is 0 Å². The van der Waals surface area contributed by atoms with Crippen molar-refractivity contribution in [2.24, 2.45) is 0 Å². The summed E-state index contributed by atoms with van der Waals surface area (Å²) in [7, 11) is 0. The Hall–Kier alpha value is -1.29. The smallest absolute Gasteiger partial charge is 0.174 e. The summed E-state index contributed by atoms with van der Waals surface area (Å²) in [4.78, 5) is 10.6. The summed E-state index contributed by atoms with van der Waals surface area (Å²) in [6.45, 7) is 0.669. The van der Waals surface area contributed by atoms with E-state index in [2.05, 4.69) is 0 Å². The fourth-order valence-corrected chi connectivity index (χ4v) is 1.46. The number of hydrogen-bond acceptors (Lipinski definition) is 3. The van der Waals surface area contributed by atoms with Gasteiger partial charge < -0.3 is 9.47 Å². The summed E-state index contributed by atoms with van der Waals surface area (Å²) in [5, 5.41) is -0.142. The molecule has 0 unspecified atom stereocenters. The number of ether oxygens (including phenoxy) is 2. The minimum atomic E-state index is -0.772. The number of benzene rings is 1. The lowest BCUT2D eigenvalue weighted by Crippen LogP contribution is -2.17. The number of rotatable bonds is 1. The van der Waals surface area contributed by atoms with Crippen LogP contribution in [0.3, 0.4) is 0 Å². The van der Waals surface area contributed by atoms with Crippen LogP contribution >= 0.6 is 11.6 Å². The molecule has 0 aliphatic carbocycles. The molecule has 0 amide bonds. The van der Waals surface area contributed by atoms with Gasteiger partial charge in [-0.15, -0.1) is 0 Å². The third kappa shape index (κ3) is 1.32. The summed E-state index contributed by atoms with van der Waals surface area (Å²) in [5.41, 5.74) is -0.188. The standard InChI is InChI=1S/C9H6ClFO3/c10-6-3-7-9(14-2-1-13-7)5(4-12)8(6)11/h3-4H,1-2H2. The molecule has 0 bridgehead atoms. The van der Waals surface area contributed by atoms with Gasteiger partial charge in [-0.1, -0.05) is 11.6 Å². The van der Waals surface area contributed by atoms with E-state index in [0.29, 0.717) is 25.2 Å². The molecule has 1 aromatic carbocycles. The minimum absolute atomic E-state index is 0.133. The van der Waals surface area contributed by atoms with E-state index in [1.807, 2.05) is 0 Å². The van der Waals surface area contributed by atoms with Crippen LogP contribution in [0.25, 0.3) is 0 Å². The van der Waals surface area contributed by atoms with E-state index in [-0.39, 0.29) is 16.3 Å². The van der Waals surface area contributed by atoms with Gasteiger partial charge in [0, 0.05) is 6.07 Å². The van der Waals surface area contributed by atoms with Crippen LogP contribution < -0.4 is 9.47 Å². The van der Waals surface area contributed by atoms with Crippen LogP contribution in [0.2, 0.25) is 5.02 Å². The summed E-state index contributed by atoms with van der Waals surface area (Å²) < 4.78 is 23.6. The fraction of sp³-hybridized carbons (Fsp3) is 0.222. The quantitative estimate of drug-likeness (QED) is 0.674. The second kappa shape index (κ2) is 3.46. The van der Waals surface area contributed by atoms with E-state index in [1.165, 1.54) is 6.07 Å². The summed E-state index contributed by atoms with van der Waals surface area (Å²) in [5.74, 6) is -0.330. The minimum Gasteiger partial charge on any atom is -0.486 e. The number of halogens is 2. The van der Waals surface area contributed by atoms with Crippen LogP contribution in [-0.2, 0) is 0 Å². The van der Waals surface area contributed by atoms with Gasteiger partial charge in [-0.2, -0.15) is 0 Å². The third-order valence-electron chi connectivity index (χ3n) is 1.88. The molecular weight excluding hydrogens is 211 g/mol. The lowest BCUT2D eigenvalue weighted by Gasteiger charge is -2.20. The van der Waals surface area contributed by atoms with Crippen LogP contribution in [-0.4, -0.2) is 19.5 Å². The molecule has 1 aliphatic heterocycles. The van der Waals surface area contributed by atoms with Crippen LogP contribution in [0.1, 0.15) is 10.4 Å². The largest absolute Gasteiger partial charge is 0.486 e. The number of fused-ring (bicyclic) bond motifs is 1. The van der Waals surface area contributed by atoms with E-state index >= 15 is 0 Å². The highest BCUT2D eigenvalue weighted by Gasteiger charge is 2.21. The summed E-state index contributed by atoms with van der Waals surface area (Å²) in [6, 6.07) is 1.30. The highest BCUT2D eigenvalue weighted by molar-refractivity contribution is 6.31. The first-order valence-corrected chi connectivity index (χ1v) is 4.34. The molecule has 0 saturated heterocycles. The molecule has 0 fully saturated rings. The number of carbonyl (C=O) groups is 1. The first kappa shape index (κ1) is 9.27. The Balaban J connectivity index is 2.65. The van der Waals surface area contributed by atoms with E-state index in [9.17, 15) is 9.18 Å². The second-order valence-corrected chi connectivity index (χ2v) is 3.14. The predicted molar refractivity (Wildman–Crippen MR) is 47.8 cm³/mol. The summed E-state index contributed by atoms with van der Waals surface area (Å²) in [6.07, 6.45) is 0.370. The van der Waals surface area contributed by atoms with E-state index in [4.69, 9.17) is 21.1 Å². The van der Waals surface area contributed by atoms with Crippen molar-refractivity contribution in [3.8, 4) is 11.5 Å². The normalized spacial score (nSPS) is 13.9. The van der Waals surface area contributed by atoms with Crippen LogP contribution in [0.5, 0.6) is 11.5 Å². The molecule has 1 aliphatic rings. The van der Waals surface area contributed by atoms with Crippen LogP contribution in [0.4, 0.5) is 4.39 Å². The molecule has 0 atom stereocenters. The maximum absolute atomic E-state index is 13.3. The van der Waals surface area contributed by atoms with Gasteiger partial charge >= 0.3 is 0 Å². The SMILES string of the molecule is O=Cc1c(F)c(Cl)cc2c1OCCO2. The van der Waals surface area contributed by atoms with Gasteiger partial charge in [0.1, 0.15) is 13.2 Å². The number of carbonyl (C=O) groups excluding carboxylic acids is 1. The predicted octanol–water partition coefficient (Wildman–Crippen LogP) is 2.06. The van der Waals surface area contributed by atoms with Crippen molar-refractivity contribution in [1.29, 1.82) is 0 Å². The van der Waals surface area contributed by atoms with Crippen molar-refractivity contribution in [2.75, 3.05) is 13.2 Å². The Morgan fingerprint density at radius 3 is 2.86 bits per heavy atom. The Morgan fingerprint density at radius 1 is 1.43 bits per heavy atom. The van der Waals surface area contributed by atoms with Crippen molar-refractivity contribution in [3.05, 3.63) is 22.5 Å². The zero-order valence-corrected chi connectivity index (χ0v) is 7.81. The maximum atomic E-state index is 13.3. The van der Waals surface area contributed by atoms with Crippen molar-refractivity contribution >= 4 is 17.9 Å². The first-order chi connectivity index (χ1) is 6.74. The van der Waals surface area contributed by atoms with Gasteiger partial charge in [-0.25, -0.2) is 4.39 Å². The molecule has 1 heterocycles. The second-order valence-electron chi connectivity index (χ2n) is 2.73. The average Bonchev–Trinajstić information content (AvgIpc) is 2.20. The lowest BCUT2D eigenvalue weighted by atomic mass is 10.2. The highest BCUT2D eigenvalue weighted by Crippen LogP contribution is 2.38. The van der Waals surface area contributed by atoms with Crippen LogP contribution in [0.15, 0.2) is 6.07 Å². The zero-order valence-electron chi connectivity index (χ0n) is 7.05. The molecule has 14 heavy (non-hydrogen) atoms. The highest BCUT2D eigenvalue weighted by atomic mass is 35.5. The Morgan fingerprint density at radius 2 is 2.14 bits per heavy atom. The first-order valence-electron chi connectivity index (χ1n) is 3.97. The molecule has 0 radical (unpaired) electrons. The Labute approximate surface area is 84.4 Å². The topological polar surface area (TPSA) is 35.5 Å². The van der Waals surface area contributed by atoms with E-state index in [1.54, 1.807) is 0 Å². The van der Waals surface area contributed by atoms with Gasteiger partial charge in [0.2, 0.25) is 0 Å². The Kier molecular flexibility index (Phi) is 2.29. The molecule has 1 aromatic rings. The molecule has 0 spiro atoms. The third-order valence-corrected chi connectivity index (χ3v) is 2.15. The van der Waals surface area contributed by atoms with Crippen molar-refractivity contribution < 1.29 is 18.7 Å². The zero-order chi connectivity index (χ0) is 10.1. The van der Waals surface area contributed by atoms with Crippen molar-refractivity contribution in [1.82, 2.24) is 0 Å². The number of aldehydes is 1. The van der Waals surface area contributed by atoms with E-state index < -0.39 is 5.82 Å². The average molecular weight is 217 g/mol. The van der Waals surface area contributed by atoms with Crippen molar-refractivity contribution in [2.45, 2.75) is 0 Å². The van der Waals surface area contributed by atoms with Crippen LogP contribution in [0, 0.1) is 5.82 Å². The van der Waals surface area contributed by atoms with Gasteiger partial charge in [-0.3, -0.25) is 4.79 Å². The van der Waals surface area contributed by atoms with Gasteiger partial charge in [-0.05, 0) is 0 Å². The molecular formula is C9H6ClFO3. The summed E-state index contributed by atoms with van der Waals surface area (Å²) >= 11 is 5.56. The van der Waals surface area contributed by atoms with E-state index in [0.717, 1.165) is 0 Å². The molecule has 3 nitrogen and oxygen atoms in total. The Bertz CT molecular complexity index is 392. The number of hydrogen-bond donors (Lipinski definition) is 0. The molecule has 74 valence electrons. The van der Waals surface area contributed by atoms with Gasteiger partial charge in [0.15, 0.2) is 23.6 Å². The molecule has 2 rings (SSSR count). The molecule has 5 heteroatoms. The lowest BCUT2D eigenvalue weighted by molar-refractivity contribution is 0.110.